The zero-order valence-electron chi connectivity index (χ0n) is 16.2. The van der Waals surface area contributed by atoms with E-state index in [-0.39, 0.29) is 11.8 Å². The molecule has 3 aromatic rings. The summed E-state index contributed by atoms with van der Waals surface area (Å²) in [6.45, 7) is 6.03. The molecule has 5 nitrogen and oxygen atoms in total. The minimum absolute atomic E-state index is 0.306. The van der Waals surface area contributed by atoms with Gasteiger partial charge < -0.3 is 10.6 Å². The van der Waals surface area contributed by atoms with Gasteiger partial charge in [0.05, 0.1) is 11.1 Å². The number of aromatic nitrogens is 1. The average Bonchev–Trinajstić information content (AvgIpc) is 2.68. The predicted octanol–water partition coefficient (Wildman–Crippen LogP) is 4.77. The Labute approximate surface area is 164 Å². The lowest BCUT2D eigenvalue weighted by Crippen LogP contribution is -2.16. The van der Waals surface area contributed by atoms with Gasteiger partial charge in [-0.2, -0.15) is 0 Å². The molecule has 1 aromatic heterocycles. The Morgan fingerprint density at radius 1 is 0.786 bits per heavy atom. The highest BCUT2D eigenvalue weighted by Crippen LogP contribution is 2.16. The normalized spacial score (nSPS) is 10.4. The van der Waals surface area contributed by atoms with Crippen LogP contribution in [0.15, 0.2) is 60.9 Å². The van der Waals surface area contributed by atoms with Crippen molar-refractivity contribution in [1.82, 2.24) is 4.98 Å². The molecule has 0 unspecified atom stereocenters. The van der Waals surface area contributed by atoms with Gasteiger partial charge in [0.2, 0.25) is 0 Å². The molecule has 0 atom stereocenters. The fourth-order valence-electron chi connectivity index (χ4n) is 2.97. The maximum Gasteiger partial charge on any atom is 0.257 e. The Hall–Kier alpha value is -3.47. The Kier molecular flexibility index (Phi) is 5.84. The van der Waals surface area contributed by atoms with Crippen LogP contribution in [-0.2, 0) is 6.42 Å². The highest BCUT2D eigenvalue weighted by Gasteiger charge is 2.12. The smallest absolute Gasteiger partial charge is 0.257 e. The molecule has 0 aliphatic carbocycles. The molecule has 142 valence electrons. The molecule has 28 heavy (non-hydrogen) atoms. The van der Waals surface area contributed by atoms with E-state index in [1.165, 1.54) is 18.0 Å². The van der Waals surface area contributed by atoms with Crippen molar-refractivity contribution >= 4 is 23.2 Å². The molecule has 2 amide bonds. The van der Waals surface area contributed by atoms with Crippen LogP contribution in [0.1, 0.15) is 44.3 Å². The molecule has 0 bridgehead atoms. The second-order valence-electron chi connectivity index (χ2n) is 6.80. The molecule has 0 fully saturated rings. The summed E-state index contributed by atoms with van der Waals surface area (Å²) in [6, 6.07) is 15.0. The van der Waals surface area contributed by atoms with E-state index < -0.39 is 0 Å². The first-order valence-corrected chi connectivity index (χ1v) is 9.19. The number of benzene rings is 2. The summed E-state index contributed by atoms with van der Waals surface area (Å²) in [4.78, 5) is 29.1. The number of anilines is 2. The molecule has 0 aliphatic heterocycles. The molecule has 1 heterocycles. The van der Waals surface area contributed by atoms with Crippen molar-refractivity contribution in [2.75, 3.05) is 10.6 Å². The fourth-order valence-corrected chi connectivity index (χ4v) is 2.97. The van der Waals surface area contributed by atoms with Gasteiger partial charge in [0.1, 0.15) is 0 Å². The average molecular weight is 373 g/mol. The Balaban J connectivity index is 1.73. The third-order valence-corrected chi connectivity index (χ3v) is 4.36. The van der Waals surface area contributed by atoms with Gasteiger partial charge in [-0.15, -0.1) is 0 Å². The summed E-state index contributed by atoms with van der Waals surface area (Å²) < 4.78 is 0. The highest BCUT2D eigenvalue weighted by atomic mass is 16.2. The zero-order chi connectivity index (χ0) is 20.1. The van der Waals surface area contributed by atoms with E-state index in [4.69, 9.17) is 0 Å². The largest absolute Gasteiger partial charge is 0.322 e. The second-order valence-corrected chi connectivity index (χ2v) is 6.80. The summed E-state index contributed by atoms with van der Waals surface area (Å²) in [5, 5.41) is 5.69. The maximum atomic E-state index is 12.6. The Morgan fingerprint density at radius 2 is 1.32 bits per heavy atom. The van der Waals surface area contributed by atoms with E-state index >= 15 is 0 Å². The van der Waals surface area contributed by atoms with E-state index in [0.717, 1.165) is 17.5 Å². The maximum absolute atomic E-state index is 12.6. The molecule has 0 saturated carbocycles. The quantitative estimate of drug-likeness (QED) is 0.677. The van der Waals surface area contributed by atoms with Gasteiger partial charge in [-0.05, 0) is 67.3 Å². The van der Waals surface area contributed by atoms with Crippen LogP contribution in [0.2, 0.25) is 0 Å². The van der Waals surface area contributed by atoms with Gasteiger partial charge in [0.25, 0.3) is 11.8 Å². The molecular formula is C23H23N3O2. The number of aryl methyl sites for hydroxylation is 3. The standard InChI is InChI=1S/C23H23N3O2/c1-4-17-5-7-20(8-6-17)25-22(27)18-12-19(14-24-13-18)23(28)26-21-10-15(2)9-16(3)11-21/h5-14H,4H2,1-3H3,(H,25,27)(H,26,28). The lowest BCUT2D eigenvalue weighted by Gasteiger charge is -2.09. The van der Waals surface area contributed by atoms with E-state index in [1.54, 1.807) is 6.07 Å². The number of nitrogens with zero attached hydrogens (tertiary/aromatic N) is 1. The van der Waals surface area contributed by atoms with Crippen LogP contribution in [0.25, 0.3) is 0 Å². The summed E-state index contributed by atoms with van der Waals surface area (Å²) in [6.07, 6.45) is 3.84. The topological polar surface area (TPSA) is 71.1 Å². The van der Waals surface area contributed by atoms with Gasteiger partial charge in [0.15, 0.2) is 0 Å². The summed E-state index contributed by atoms with van der Waals surface area (Å²) in [5.74, 6) is -0.614. The third kappa shape index (κ3) is 4.82. The fraction of sp³-hybridized carbons (Fsp3) is 0.174. The van der Waals surface area contributed by atoms with Crippen LogP contribution in [0.5, 0.6) is 0 Å². The van der Waals surface area contributed by atoms with E-state index in [0.29, 0.717) is 22.5 Å². The zero-order valence-corrected chi connectivity index (χ0v) is 16.2. The molecule has 3 rings (SSSR count). The molecule has 2 N–H and O–H groups in total. The molecule has 0 aliphatic rings. The number of rotatable bonds is 5. The van der Waals surface area contributed by atoms with Gasteiger partial charge >= 0.3 is 0 Å². The number of amides is 2. The third-order valence-electron chi connectivity index (χ3n) is 4.36. The number of carbonyl (C=O) groups is 2. The van der Waals surface area contributed by atoms with Crippen molar-refractivity contribution in [2.24, 2.45) is 0 Å². The van der Waals surface area contributed by atoms with Crippen LogP contribution in [0.4, 0.5) is 11.4 Å². The molecule has 0 radical (unpaired) electrons. The van der Waals surface area contributed by atoms with Crippen molar-refractivity contribution in [1.29, 1.82) is 0 Å². The van der Waals surface area contributed by atoms with Crippen LogP contribution >= 0.6 is 0 Å². The van der Waals surface area contributed by atoms with Crippen molar-refractivity contribution in [3.05, 3.63) is 88.7 Å². The van der Waals surface area contributed by atoms with Crippen molar-refractivity contribution < 1.29 is 9.59 Å². The first kappa shape index (κ1) is 19.3. The molecule has 0 saturated heterocycles. The van der Waals surface area contributed by atoms with Crippen LogP contribution in [-0.4, -0.2) is 16.8 Å². The molecular weight excluding hydrogens is 350 g/mol. The van der Waals surface area contributed by atoms with Gasteiger partial charge in [-0.1, -0.05) is 25.1 Å². The minimum atomic E-state index is -0.308. The monoisotopic (exact) mass is 373 g/mol. The van der Waals surface area contributed by atoms with Crippen LogP contribution in [0, 0.1) is 13.8 Å². The summed E-state index contributed by atoms with van der Waals surface area (Å²) >= 11 is 0. The van der Waals surface area contributed by atoms with Crippen molar-refractivity contribution in [3.8, 4) is 0 Å². The summed E-state index contributed by atoms with van der Waals surface area (Å²) in [5.41, 5.74) is 5.40. The van der Waals surface area contributed by atoms with E-state index in [1.807, 2.05) is 56.3 Å². The summed E-state index contributed by atoms with van der Waals surface area (Å²) in [7, 11) is 0. The minimum Gasteiger partial charge on any atom is -0.322 e. The predicted molar refractivity (Wildman–Crippen MR) is 112 cm³/mol. The highest BCUT2D eigenvalue weighted by molar-refractivity contribution is 6.08. The van der Waals surface area contributed by atoms with Crippen LogP contribution in [0.3, 0.4) is 0 Å². The van der Waals surface area contributed by atoms with Crippen molar-refractivity contribution in [2.45, 2.75) is 27.2 Å². The molecule has 0 spiro atoms. The second kappa shape index (κ2) is 8.48. The van der Waals surface area contributed by atoms with Crippen LogP contribution < -0.4 is 10.6 Å². The van der Waals surface area contributed by atoms with Gasteiger partial charge in [-0.25, -0.2) is 0 Å². The van der Waals surface area contributed by atoms with E-state index in [2.05, 4.69) is 22.5 Å². The number of nitrogens with one attached hydrogen (secondary N) is 2. The number of carbonyl (C=O) groups excluding carboxylic acids is 2. The number of hydrogen-bond donors (Lipinski definition) is 2. The Bertz CT molecular complexity index is 990. The van der Waals surface area contributed by atoms with Gasteiger partial charge in [-0.3, -0.25) is 14.6 Å². The Morgan fingerprint density at radius 3 is 1.86 bits per heavy atom. The number of hydrogen-bond acceptors (Lipinski definition) is 3. The lowest BCUT2D eigenvalue weighted by molar-refractivity contribution is 0.102. The molecule has 5 heteroatoms. The SMILES string of the molecule is CCc1ccc(NC(=O)c2cncc(C(=O)Nc3cc(C)cc(C)c3)c2)cc1. The first-order chi connectivity index (χ1) is 13.4. The number of pyridine rings is 1. The van der Waals surface area contributed by atoms with Gasteiger partial charge in [0, 0.05) is 23.8 Å². The van der Waals surface area contributed by atoms with E-state index in [9.17, 15) is 9.59 Å². The lowest BCUT2D eigenvalue weighted by atomic mass is 10.1. The first-order valence-electron chi connectivity index (χ1n) is 9.19. The van der Waals surface area contributed by atoms with Crippen molar-refractivity contribution in [3.63, 3.8) is 0 Å². The molecule has 2 aromatic carbocycles.